The number of rotatable bonds is 2. The molecule has 0 saturated carbocycles. The van der Waals surface area contributed by atoms with Crippen molar-refractivity contribution in [1.29, 1.82) is 0 Å². The second-order valence-electron chi connectivity index (χ2n) is 3.84. The Morgan fingerprint density at radius 1 is 1.11 bits per heavy atom. The Kier molecular flexibility index (Phi) is 2.88. The van der Waals surface area contributed by atoms with E-state index in [0.29, 0.717) is 11.5 Å². The highest BCUT2D eigenvalue weighted by atomic mass is 16.1. The molecule has 1 amide bonds. The third-order valence-electron chi connectivity index (χ3n) is 2.35. The number of nitrogens with two attached hydrogens (primary N) is 2. The molecule has 2 aromatic heterocycles. The first kappa shape index (κ1) is 11.9. The number of aryl methyl sites for hydroxylation is 2. The topological polar surface area (TPSA) is 121 Å². The first-order valence-electron chi connectivity index (χ1n) is 5.22. The molecule has 0 fully saturated rings. The fourth-order valence-corrected chi connectivity index (χ4v) is 1.51. The zero-order valence-corrected chi connectivity index (χ0v) is 10.0. The molecule has 0 aliphatic heterocycles. The quantitative estimate of drug-likeness (QED) is 0.780. The van der Waals surface area contributed by atoms with Gasteiger partial charge in [0.2, 0.25) is 0 Å². The molecular weight excluding hydrogens is 232 g/mol. The van der Waals surface area contributed by atoms with Gasteiger partial charge in [-0.1, -0.05) is 0 Å². The Morgan fingerprint density at radius 2 is 1.72 bits per heavy atom. The van der Waals surface area contributed by atoms with Crippen LogP contribution in [0.2, 0.25) is 0 Å². The lowest BCUT2D eigenvalue weighted by Crippen LogP contribution is -2.18. The van der Waals surface area contributed by atoms with Crippen molar-refractivity contribution in [1.82, 2.24) is 19.9 Å². The number of nitrogen functional groups attached to an aromatic ring is 1. The highest BCUT2D eigenvalue weighted by Gasteiger charge is 2.15. The highest BCUT2D eigenvalue weighted by molar-refractivity contribution is 5.98. The van der Waals surface area contributed by atoms with E-state index in [-0.39, 0.29) is 17.2 Å². The predicted octanol–water partition coefficient (Wildman–Crippen LogP) is 0.232. The molecule has 0 radical (unpaired) electrons. The predicted molar refractivity (Wildman–Crippen MR) is 65.5 cm³/mol. The van der Waals surface area contributed by atoms with Crippen molar-refractivity contribution in [3.05, 3.63) is 29.2 Å². The summed E-state index contributed by atoms with van der Waals surface area (Å²) in [6, 6.07) is 0. The summed E-state index contributed by atoms with van der Waals surface area (Å²) < 4.78 is 0. The normalized spacial score (nSPS) is 10.3. The molecule has 0 bridgehead atoms. The van der Waals surface area contributed by atoms with Crippen LogP contribution in [0.25, 0.3) is 11.6 Å². The molecule has 4 N–H and O–H groups in total. The molecule has 7 nitrogen and oxygen atoms in total. The van der Waals surface area contributed by atoms with Gasteiger partial charge in [0.05, 0.1) is 5.69 Å². The third-order valence-corrected chi connectivity index (χ3v) is 2.35. The minimum absolute atomic E-state index is 0.0363. The fourth-order valence-electron chi connectivity index (χ4n) is 1.51. The van der Waals surface area contributed by atoms with Crippen LogP contribution in [0.5, 0.6) is 0 Å². The van der Waals surface area contributed by atoms with E-state index >= 15 is 0 Å². The van der Waals surface area contributed by atoms with Gasteiger partial charge in [0, 0.05) is 12.4 Å². The highest BCUT2D eigenvalue weighted by Crippen LogP contribution is 2.17. The third kappa shape index (κ3) is 2.10. The average Bonchev–Trinajstić information content (AvgIpc) is 2.28. The summed E-state index contributed by atoms with van der Waals surface area (Å²) in [5.74, 6) is 0.0111. The largest absolute Gasteiger partial charge is 0.383 e. The molecule has 2 rings (SSSR count). The van der Waals surface area contributed by atoms with Crippen molar-refractivity contribution in [2.45, 2.75) is 13.8 Å². The summed E-state index contributed by atoms with van der Waals surface area (Å²) in [5.41, 5.74) is 12.3. The van der Waals surface area contributed by atoms with Crippen LogP contribution in [0.1, 0.15) is 21.6 Å². The zero-order chi connectivity index (χ0) is 13.3. The Hall–Kier alpha value is -2.57. The molecule has 0 unspecified atom stereocenters. The first-order chi connectivity index (χ1) is 8.49. The summed E-state index contributed by atoms with van der Waals surface area (Å²) in [6.45, 7) is 3.51. The van der Waals surface area contributed by atoms with E-state index in [1.165, 1.54) is 0 Å². The van der Waals surface area contributed by atoms with E-state index in [2.05, 4.69) is 19.9 Å². The molecule has 0 atom stereocenters. The van der Waals surface area contributed by atoms with Gasteiger partial charge in [-0.3, -0.25) is 4.79 Å². The van der Waals surface area contributed by atoms with E-state index in [1.807, 2.05) is 6.92 Å². The van der Waals surface area contributed by atoms with Gasteiger partial charge in [-0.2, -0.15) is 0 Å². The Bertz CT molecular complexity index is 584. The van der Waals surface area contributed by atoms with E-state index in [1.54, 1.807) is 19.3 Å². The van der Waals surface area contributed by atoms with Crippen LogP contribution in [0.15, 0.2) is 12.4 Å². The number of anilines is 1. The molecule has 18 heavy (non-hydrogen) atoms. The van der Waals surface area contributed by atoms with Crippen LogP contribution in [-0.2, 0) is 0 Å². The lowest BCUT2D eigenvalue weighted by molar-refractivity contribution is 0.1000. The summed E-state index contributed by atoms with van der Waals surface area (Å²) in [4.78, 5) is 27.5. The van der Waals surface area contributed by atoms with E-state index in [4.69, 9.17) is 11.5 Å². The molecule has 0 spiro atoms. The van der Waals surface area contributed by atoms with Crippen molar-refractivity contribution in [2.24, 2.45) is 5.73 Å². The van der Waals surface area contributed by atoms with Crippen molar-refractivity contribution in [2.75, 3.05) is 5.73 Å². The molecule has 2 heterocycles. The summed E-state index contributed by atoms with van der Waals surface area (Å²) in [7, 11) is 0. The Labute approximate surface area is 103 Å². The number of nitrogens with zero attached hydrogens (tertiary/aromatic N) is 4. The Morgan fingerprint density at radius 3 is 2.22 bits per heavy atom. The van der Waals surface area contributed by atoms with Gasteiger partial charge in [-0.05, 0) is 19.4 Å². The van der Waals surface area contributed by atoms with Gasteiger partial charge >= 0.3 is 0 Å². The smallest absolute Gasteiger partial charge is 0.254 e. The van der Waals surface area contributed by atoms with Crippen LogP contribution in [0, 0.1) is 13.8 Å². The summed E-state index contributed by atoms with van der Waals surface area (Å²) in [6.07, 6.45) is 3.30. The monoisotopic (exact) mass is 244 g/mol. The molecule has 0 aromatic carbocycles. The van der Waals surface area contributed by atoms with Gasteiger partial charge in [0.1, 0.15) is 11.4 Å². The van der Waals surface area contributed by atoms with Gasteiger partial charge < -0.3 is 11.5 Å². The number of hydrogen-bond donors (Lipinski definition) is 2. The molecule has 2 aromatic rings. The van der Waals surface area contributed by atoms with E-state index < -0.39 is 5.91 Å². The summed E-state index contributed by atoms with van der Waals surface area (Å²) >= 11 is 0. The molecule has 0 aliphatic rings. The number of aromatic nitrogens is 4. The summed E-state index contributed by atoms with van der Waals surface area (Å²) in [5, 5.41) is 0. The van der Waals surface area contributed by atoms with E-state index in [0.717, 1.165) is 5.56 Å². The molecule has 0 aliphatic carbocycles. The molecular formula is C11H12N6O. The van der Waals surface area contributed by atoms with Crippen molar-refractivity contribution in [3.8, 4) is 11.6 Å². The number of carbonyl (C=O) groups excluding carboxylic acids is 1. The lowest BCUT2D eigenvalue weighted by atomic mass is 10.2. The first-order valence-corrected chi connectivity index (χ1v) is 5.22. The van der Waals surface area contributed by atoms with Crippen LogP contribution < -0.4 is 11.5 Å². The van der Waals surface area contributed by atoms with Gasteiger partial charge in [-0.15, -0.1) is 0 Å². The number of carbonyl (C=O) groups is 1. The lowest BCUT2D eigenvalue weighted by Gasteiger charge is -2.06. The minimum Gasteiger partial charge on any atom is -0.383 e. The maximum absolute atomic E-state index is 11.2. The standard InChI is InChI=1S/C11H12N6O/c1-5-3-14-10(15-4-5)11-16-6(2)7(9(13)18)8(12)17-11/h3-4H,1-2H3,(H2,13,18)(H2,12,16,17). The second kappa shape index (κ2) is 4.36. The molecule has 0 saturated heterocycles. The molecule has 7 heteroatoms. The van der Waals surface area contributed by atoms with Crippen molar-refractivity contribution < 1.29 is 4.79 Å². The minimum atomic E-state index is -0.652. The van der Waals surface area contributed by atoms with Gasteiger partial charge in [-0.25, -0.2) is 19.9 Å². The maximum Gasteiger partial charge on any atom is 0.254 e. The molecule has 92 valence electrons. The van der Waals surface area contributed by atoms with Gasteiger partial charge in [0.25, 0.3) is 5.91 Å². The number of primary amides is 1. The number of amides is 1. The van der Waals surface area contributed by atoms with Crippen LogP contribution >= 0.6 is 0 Å². The van der Waals surface area contributed by atoms with E-state index in [9.17, 15) is 4.79 Å². The Balaban J connectivity index is 2.54. The SMILES string of the molecule is Cc1cnc(-c2nc(C)c(C(N)=O)c(N)n2)nc1. The van der Waals surface area contributed by atoms with Crippen molar-refractivity contribution >= 4 is 11.7 Å². The zero-order valence-electron chi connectivity index (χ0n) is 10.0. The van der Waals surface area contributed by atoms with Crippen LogP contribution in [0.4, 0.5) is 5.82 Å². The average molecular weight is 244 g/mol. The number of hydrogen-bond acceptors (Lipinski definition) is 6. The van der Waals surface area contributed by atoms with Crippen molar-refractivity contribution in [3.63, 3.8) is 0 Å². The maximum atomic E-state index is 11.2. The van der Waals surface area contributed by atoms with Crippen LogP contribution in [0.3, 0.4) is 0 Å². The van der Waals surface area contributed by atoms with Gasteiger partial charge in [0.15, 0.2) is 11.6 Å². The fraction of sp³-hybridized carbons (Fsp3) is 0.182. The van der Waals surface area contributed by atoms with Crippen LogP contribution in [-0.4, -0.2) is 25.8 Å². The second-order valence-corrected chi connectivity index (χ2v) is 3.84.